The van der Waals surface area contributed by atoms with E-state index in [4.69, 9.17) is 19.3 Å². The van der Waals surface area contributed by atoms with Crippen LogP contribution in [0.2, 0.25) is 0 Å². The molecule has 1 amide bonds. The summed E-state index contributed by atoms with van der Waals surface area (Å²) in [5.41, 5.74) is 1.02. The van der Waals surface area contributed by atoms with Gasteiger partial charge in [-0.3, -0.25) is 4.79 Å². The highest BCUT2D eigenvalue weighted by Gasteiger charge is 2.40. The Bertz CT molecular complexity index is 690. The molecule has 1 aromatic rings. The van der Waals surface area contributed by atoms with E-state index in [1.54, 1.807) is 0 Å². The first-order chi connectivity index (χ1) is 12.1. The number of rotatable bonds is 3. The fourth-order valence-electron chi connectivity index (χ4n) is 3.83. The van der Waals surface area contributed by atoms with Gasteiger partial charge in [-0.25, -0.2) is 4.79 Å². The van der Waals surface area contributed by atoms with Crippen LogP contribution in [0.5, 0.6) is 11.5 Å². The molecule has 0 aromatic heterocycles. The van der Waals surface area contributed by atoms with Gasteiger partial charge in [-0.15, -0.1) is 0 Å². The zero-order valence-corrected chi connectivity index (χ0v) is 13.8. The van der Waals surface area contributed by atoms with Gasteiger partial charge < -0.3 is 24.2 Å². The molecule has 4 rings (SSSR count). The lowest BCUT2D eigenvalue weighted by molar-refractivity contribution is -0.155. The zero-order valence-electron chi connectivity index (χ0n) is 13.8. The van der Waals surface area contributed by atoms with E-state index in [2.05, 4.69) is 0 Å². The number of carboxylic acid groups (broad SMARTS) is 1. The Hall–Kier alpha value is -2.28. The monoisotopic (exact) mass is 347 g/mol. The van der Waals surface area contributed by atoms with Crippen LogP contribution in [0.1, 0.15) is 37.3 Å². The van der Waals surface area contributed by atoms with Crippen LogP contribution in [-0.2, 0) is 14.3 Å². The summed E-state index contributed by atoms with van der Waals surface area (Å²) >= 11 is 0. The quantitative estimate of drug-likeness (QED) is 0.897. The van der Waals surface area contributed by atoms with Crippen molar-refractivity contribution in [2.45, 2.75) is 43.9 Å². The van der Waals surface area contributed by atoms with Crippen LogP contribution < -0.4 is 9.47 Å². The second-order valence-electron chi connectivity index (χ2n) is 6.62. The third-order valence-electron chi connectivity index (χ3n) is 5.06. The van der Waals surface area contributed by atoms with Crippen molar-refractivity contribution in [3.05, 3.63) is 23.8 Å². The molecule has 0 spiro atoms. The molecule has 0 saturated carbocycles. The molecule has 2 saturated heterocycles. The van der Waals surface area contributed by atoms with E-state index in [1.165, 1.54) is 0 Å². The normalized spacial score (nSPS) is 28.2. The second-order valence-corrected chi connectivity index (χ2v) is 6.62. The molecule has 0 radical (unpaired) electrons. The SMILES string of the molecule is O=C(O)[C@H]1CC[C@@H](C(=O)N2CCCC2c2ccc3c(c2)OCCO3)O1. The molecule has 3 aliphatic heterocycles. The van der Waals surface area contributed by atoms with Gasteiger partial charge in [-0.05, 0) is 43.4 Å². The fraction of sp³-hybridized carbons (Fsp3) is 0.556. The van der Waals surface area contributed by atoms with Crippen molar-refractivity contribution in [3.63, 3.8) is 0 Å². The van der Waals surface area contributed by atoms with E-state index in [0.717, 1.165) is 24.2 Å². The fourth-order valence-corrected chi connectivity index (χ4v) is 3.83. The molecule has 1 aromatic carbocycles. The van der Waals surface area contributed by atoms with Gasteiger partial charge in [0.2, 0.25) is 0 Å². The molecule has 3 heterocycles. The van der Waals surface area contributed by atoms with E-state index in [-0.39, 0.29) is 11.9 Å². The molecule has 3 atom stereocenters. The Balaban J connectivity index is 1.51. The molecule has 1 N–H and O–H groups in total. The van der Waals surface area contributed by atoms with Crippen molar-refractivity contribution in [2.75, 3.05) is 19.8 Å². The largest absolute Gasteiger partial charge is 0.486 e. The first kappa shape index (κ1) is 16.2. The van der Waals surface area contributed by atoms with Crippen LogP contribution in [0, 0.1) is 0 Å². The third-order valence-corrected chi connectivity index (χ3v) is 5.06. The van der Waals surface area contributed by atoms with Gasteiger partial charge in [0, 0.05) is 6.54 Å². The van der Waals surface area contributed by atoms with Crippen molar-refractivity contribution in [3.8, 4) is 11.5 Å². The molecule has 134 valence electrons. The predicted octanol–water partition coefficient (Wildman–Crippen LogP) is 1.75. The summed E-state index contributed by atoms with van der Waals surface area (Å²) in [7, 11) is 0. The predicted molar refractivity (Wildman–Crippen MR) is 86.7 cm³/mol. The molecule has 7 heteroatoms. The average Bonchev–Trinajstić information content (AvgIpc) is 3.30. The first-order valence-electron chi connectivity index (χ1n) is 8.72. The summed E-state index contributed by atoms with van der Waals surface area (Å²) < 4.78 is 16.6. The second kappa shape index (κ2) is 6.55. The minimum Gasteiger partial charge on any atom is -0.486 e. The Morgan fingerprint density at radius 1 is 1.04 bits per heavy atom. The summed E-state index contributed by atoms with van der Waals surface area (Å²) in [6.07, 6.45) is 1.11. The molecule has 3 aliphatic rings. The maximum atomic E-state index is 12.8. The maximum Gasteiger partial charge on any atom is 0.332 e. The van der Waals surface area contributed by atoms with Gasteiger partial charge in [-0.2, -0.15) is 0 Å². The van der Waals surface area contributed by atoms with Crippen molar-refractivity contribution in [1.82, 2.24) is 4.90 Å². The maximum absolute atomic E-state index is 12.8. The number of carboxylic acids is 1. The van der Waals surface area contributed by atoms with Crippen LogP contribution in [-0.4, -0.2) is 53.8 Å². The van der Waals surface area contributed by atoms with Gasteiger partial charge in [0.25, 0.3) is 5.91 Å². The number of benzene rings is 1. The molecular weight excluding hydrogens is 326 g/mol. The first-order valence-corrected chi connectivity index (χ1v) is 8.72. The Kier molecular flexibility index (Phi) is 4.25. The van der Waals surface area contributed by atoms with Gasteiger partial charge in [0.15, 0.2) is 17.6 Å². The van der Waals surface area contributed by atoms with Crippen LogP contribution in [0.25, 0.3) is 0 Å². The summed E-state index contributed by atoms with van der Waals surface area (Å²) in [6, 6.07) is 5.77. The van der Waals surface area contributed by atoms with Gasteiger partial charge in [0.1, 0.15) is 19.3 Å². The number of hydrogen-bond acceptors (Lipinski definition) is 5. The van der Waals surface area contributed by atoms with Crippen LogP contribution in [0.15, 0.2) is 18.2 Å². The van der Waals surface area contributed by atoms with Crippen molar-refractivity contribution >= 4 is 11.9 Å². The number of nitrogens with zero attached hydrogens (tertiary/aromatic N) is 1. The molecule has 0 aliphatic carbocycles. The van der Waals surface area contributed by atoms with Gasteiger partial charge >= 0.3 is 5.97 Å². The Morgan fingerprint density at radius 2 is 1.80 bits per heavy atom. The summed E-state index contributed by atoms with van der Waals surface area (Å²) in [5.74, 6) is 0.335. The highest BCUT2D eigenvalue weighted by Crippen LogP contribution is 2.39. The van der Waals surface area contributed by atoms with E-state index in [9.17, 15) is 9.59 Å². The van der Waals surface area contributed by atoms with E-state index in [0.29, 0.717) is 38.3 Å². The van der Waals surface area contributed by atoms with Crippen LogP contribution in [0.3, 0.4) is 0 Å². The van der Waals surface area contributed by atoms with Gasteiger partial charge in [0.05, 0.1) is 6.04 Å². The van der Waals surface area contributed by atoms with Crippen LogP contribution in [0.4, 0.5) is 0 Å². The van der Waals surface area contributed by atoms with E-state index >= 15 is 0 Å². The van der Waals surface area contributed by atoms with Crippen LogP contribution >= 0.6 is 0 Å². The number of aliphatic carboxylic acids is 1. The number of fused-ring (bicyclic) bond motifs is 1. The smallest absolute Gasteiger partial charge is 0.332 e. The summed E-state index contributed by atoms with van der Waals surface area (Å²) in [4.78, 5) is 25.7. The zero-order chi connectivity index (χ0) is 17.4. The minimum absolute atomic E-state index is 0.0317. The van der Waals surface area contributed by atoms with Crippen molar-refractivity contribution in [1.29, 1.82) is 0 Å². The number of amides is 1. The molecule has 25 heavy (non-hydrogen) atoms. The van der Waals surface area contributed by atoms with Crippen molar-refractivity contribution < 1.29 is 28.9 Å². The molecular formula is C18H21NO6. The molecule has 2 fully saturated rings. The molecule has 1 unspecified atom stereocenters. The van der Waals surface area contributed by atoms with E-state index < -0.39 is 18.2 Å². The lowest BCUT2D eigenvalue weighted by atomic mass is 10.0. The standard InChI is InChI=1S/C18H21NO6/c20-17(14-5-6-15(25-14)18(21)22)19-7-1-2-12(19)11-3-4-13-16(10-11)24-9-8-23-13/h3-4,10,12,14-15H,1-2,5-9H2,(H,21,22)/t12?,14-,15+/m0/s1. The highest BCUT2D eigenvalue weighted by atomic mass is 16.6. The average molecular weight is 347 g/mol. The highest BCUT2D eigenvalue weighted by molar-refractivity contribution is 5.83. The number of carbonyl (C=O) groups is 2. The summed E-state index contributed by atoms with van der Waals surface area (Å²) in [5, 5.41) is 9.05. The molecule has 7 nitrogen and oxygen atoms in total. The number of hydrogen-bond donors (Lipinski definition) is 1. The number of ether oxygens (including phenoxy) is 3. The van der Waals surface area contributed by atoms with Crippen molar-refractivity contribution in [2.24, 2.45) is 0 Å². The minimum atomic E-state index is -1.000. The third kappa shape index (κ3) is 3.04. The van der Waals surface area contributed by atoms with Gasteiger partial charge in [-0.1, -0.05) is 6.07 Å². The molecule has 0 bridgehead atoms. The topological polar surface area (TPSA) is 85.3 Å². The Morgan fingerprint density at radius 3 is 2.56 bits per heavy atom. The number of carbonyl (C=O) groups excluding carboxylic acids is 1. The van der Waals surface area contributed by atoms with E-state index in [1.807, 2.05) is 23.1 Å². The summed E-state index contributed by atoms with van der Waals surface area (Å²) in [6.45, 7) is 1.73. The lowest BCUT2D eigenvalue weighted by Crippen LogP contribution is -2.39. The number of likely N-dealkylation sites (tertiary alicyclic amines) is 1. The Labute approximate surface area is 145 Å². The lowest BCUT2D eigenvalue weighted by Gasteiger charge is -2.28.